The minimum absolute atomic E-state index is 0.0427. The highest BCUT2D eigenvalue weighted by Crippen LogP contribution is 2.15. The molecule has 0 aliphatic heterocycles. The Morgan fingerprint density at radius 3 is 2.68 bits per heavy atom. The van der Waals surface area contributed by atoms with E-state index in [0.717, 1.165) is 11.6 Å². The summed E-state index contributed by atoms with van der Waals surface area (Å²) in [6.45, 7) is 0.244. The van der Waals surface area contributed by atoms with E-state index in [1.165, 1.54) is 12.1 Å². The average Bonchev–Trinajstić information content (AvgIpc) is 2.37. The highest BCUT2D eigenvalue weighted by atomic mass is 35.5. The lowest BCUT2D eigenvalue weighted by molar-refractivity contribution is 0.0947. The molecule has 0 spiro atoms. The zero-order chi connectivity index (χ0) is 13.8. The quantitative estimate of drug-likeness (QED) is 0.848. The molecule has 98 valence electrons. The van der Waals surface area contributed by atoms with E-state index in [2.05, 4.69) is 5.32 Å². The molecule has 0 radical (unpaired) electrons. The Labute approximate surface area is 115 Å². The molecule has 0 saturated heterocycles. The first-order chi connectivity index (χ1) is 9.08. The SMILES string of the molecule is Nc1ccccc1CNC(=O)c1ccc(Cl)cc1F. The van der Waals surface area contributed by atoms with Crippen LogP contribution in [-0.4, -0.2) is 5.91 Å². The van der Waals surface area contributed by atoms with Crippen LogP contribution in [0.25, 0.3) is 0 Å². The first-order valence-corrected chi connectivity index (χ1v) is 6.02. The van der Waals surface area contributed by atoms with Crippen LogP contribution >= 0.6 is 11.6 Å². The maximum absolute atomic E-state index is 13.5. The predicted octanol–water partition coefficient (Wildman–Crippen LogP) is 2.99. The van der Waals surface area contributed by atoms with Gasteiger partial charge in [0.2, 0.25) is 0 Å². The van der Waals surface area contributed by atoms with Gasteiger partial charge in [0.15, 0.2) is 0 Å². The van der Waals surface area contributed by atoms with Crippen molar-refractivity contribution in [3.8, 4) is 0 Å². The van der Waals surface area contributed by atoms with Gasteiger partial charge in [-0.25, -0.2) is 4.39 Å². The first kappa shape index (κ1) is 13.4. The van der Waals surface area contributed by atoms with Crippen LogP contribution in [0.3, 0.4) is 0 Å². The average molecular weight is 279 g/mol. The van der Waals surface area contributed by atoms with Crippen molar-refractivity contribution in [1.29, 1.82) is 0 Å². The summed E-state index contributed by atoms with van der Waals surface area (Å²) in [7, 11) is 0. The summed E-state index contributed by atoms with van der Waals surface area (Å²) in [5.41, 5.74) is 7.08. The normalized spacial score (nSPS) is 10.2. The van der Waals surface area contributed by atoms with Crippen molar-refractivity contribution in [1.82, 2.24) is 5.32 Å². The second kappa shape index (κ2) is 5.71. The Kier molecular flexibility index (Phi) is 4.02. The number of hydrogen-bond donors (Lipinski definition) is 2. The molecule has 2 aromatic carbocycles. The Morgan fingerprint density at radius 1 is 1.26 bits per heavy atom. The molecule has 0 aliphatic rings. The number of rotatable bonds is 3. The molecule has 3 nitrogen and oxygen atoms in total. The molecule has 2 aromatic rings. The van der Waals surface area contributed by atoms with E-state index in [0.29, 0.717) is 5.69 Å². The Morgan fingerprint density at radius 2 is 2.00 bits per heavy atom. The summed E-state index contributed by atoms with van der Waals surface area (Å²) in [5, 5.41) is 2.87. The van der Waals surface area contributed by atoms with Crippen LogP contribution in [0.1, 0.15) is 15.9 Å². The summed E-state index contributed by atoms with van der Waals surface area (Å²) in [6, 6.07) is 11.1. The second-order valence-corrected chi connectivity index (χ2v) is 4.44. The summed E-state index contributed by atoms with van der Waals surface area (Å²) in [5.74, 6) is -1.15. The molecule has 2 rings (SSSR count). The molecule has 19 heavy (non-hydrogen) atoms. The van der Waals surface area contributed by atoms with Gasteiger partial charge in [0.25, 0.3) is 5.91 Å². The standard InChI is InChI=1S/C14H12ClFN2O/c15-10-5-6-11(12(16)7-10)14(19)18-8-9-3-1-2-4-13(9)17/h1-7H,8,17H2,(H,18,19). The van der Waals surface area contributed by atoms with Crippen molar-refractivity contribution >= 4 is 23.2 Å². The van der Waals surface area contributed by atoms with Crippen LogP contribution in [0, 0.1) is 5.82 Å². The highest BCUT2D eigenvalue weighted by molar-refractivity contribution is 6.30. The number of carbonyl (C=O) groups excluding carboxylic acids is 1. The van der Waals surface area contributed by atoms with Crippen molar-refractivity contribution in [3.05, 3.63) is 64.4 Å². The number of nitrogens with two attached hydrogens (primary N) is 1. The number of para-hydroxylation sites is 1. The lowest BCUT2D eigenvalue weighted by Crippen LogP contribution is -2.24. The summed E-state index contributed by atoms with van der Waals surface area (Å²) in [6.07, 6.45) is 0. The third kappa shape index (κ3) is 3.23. The minimum Gasteiger partial charge on any atom is -0.398 e. The van der Waals surface area contributed by atoms with E-state index in [4.69, 9.17) is 17.3 Å². The molecule has 0 fully saturated rings. The van der Waals surface area contributed by atoms with Crippen molar-refractivity contribution in [2.75, 3.05) is 5.73 Å². The maximum atomic E-state index is 13.5. The van der Waals surface area contributed by atoms with Gasteiger partial charge in [0, 0.05) is 17.3 Å². The van der Waals surface area contributed by atoms with E-state index in [1.54, 1.807) is 18.2 Å². The zero-order valence-electron chi connectivity index (χ0n) is 9.99. The second-order valence-electron chi connectivity index (χ2n) is 4.01. The third-order valence-electron chi connectivity index (χ3n) is 2.67. The van der Waals surface area contributed by atoms with Gasteiger partial charge in [-0.1, -0.05) is 29.8 Å². The highest BCUT2D eigenvalue weighted by Gasteiger charge is 2.11. The van der Waals surface area contributed by atoms with E-state index in [9.17, 15) is 9.18 Å². The molecule has 0 atom stereocenters. The molecule has 0 heterocycles. The van der Waals surface area contributed by atoms with E-state index >= 15 is 0 Å². The molecule has 0 saturated carbocycles. The third-order valence-corrected chi connectivity index (χ3v) is 2.91. The first-order valence-electron chi connectivity index (χ1n) is 5.64. The number of nitrogen functional groups attached to an aromatic ring is 1. The van der Waals surface area contributed by atoms with E-state index < -0.39 is 11.7 Å². The summed E-state index contributed by atoms with van der Waals surface area (Å²) in [4.78, 5) is 11.8. The van der Waals surface area contributed by atoms with Crippen molar-refractivity contribution in [3.63, 3.8) is 0 Å². The monoisotopic (exact) mass is 278 g/mol. The van der Waals surface area contributed by atoms with Gasteiger partial charge in [-0.3, -0.25) is 4.79 Å². The Balaban J connectivity index is 2.08. The molecule has 1 amide bonds. The number of nitrogens with one attached hydrogen (secondary N) is 1. The predicted molar refractivity (Wildman–Crippen MR) is 73.4 cm³/mol. The smallest absolute Gasteiger partial charge is 0.254 e. The van der Waals surface area contributed by atoms with Gasteiger partial charge < -0.3 is 11.1 Å². The van der Waals surface area contributed by atoms with Crippen LogP contribution < -0.4 is 11.1 Å². The summed E-state index contributed by atoms with van der Waals surface area (Å²) >= 11 is 5.63. The molecule has 0 unspecified atom stereocenters. The number of benzene rings is 2. The fourth-order valence-electron chi connectivity index (χ4n) is 1.64. The zero-order valence-corrected chi connectivity index (χ0v) is 10.7. The van der Waals surface area contributed by atoms with Crippen molar-refractivity contribution in [2.45, 2.75) is 6.54 Å². The number of anilines is 1. The van der Waals surface area contributed by atoms with Crippen LogP contribution in [0.15, 0.2) is 42.5 Å². The Bertz CT molecular complexity index is 616. The van der Waals surface area contributed by atoms with Gasteiger partial charge in [0.05, 0.1) is 5.56 Å². The fraction of sp³-hybridized carbons (Fsp3) is 0.0714. The number of halogens is 2. The molecular formula is C14H12ClFN2O. The van der Waals surface area contributed by atoms with E-state index in [1.807, 2.05) is 6.07 Å². The minimum atomic E-state index is -0.647. The molecule has 0 bridgehead atoms. The van der Waals surface area contributed by atoms with Gasteiger partial charge in [-0.2, -0.15) is 0 Å². The number of hydrogen-bond acceptors (Lipinski definition) is 2. The molecule has 3 N–H and O–H groups in total. The largest absolute Gasteiger partial charge is 0.398 e. The van der Waals surface area contributed by atoms with Crippen LogP contribution in [0.5, 0.6) is 0 Å². The summed E-state index contributed by atoms with van der Waals surface area (Å²) < 4.78 is 13.5. The molecule has 0 aliphatic carbocycles. The van der Waals surface area contributed by atoms with Crippen molar-refractivity contribution in [2.24, 2.45) is 0 Å². The van der Waals surface area contributed by atoms with Crippen molar-refractivity contribution < 1.29 is 9.18 Å². The molecule has 5 heteroatoms. The van der Waals surface area contributed by atoms with Crippen LogP contribution in [-0.2, 0) is 6.54 Å². The number of amides is 1. The van der Waals surface area contributed by atoms with Gasteiger partial charge in [0.1, 0.15) is 5.82 Å². The number of carbonyl (C=O) groups is 1. The topological polar surface area (TPSA) is 55.1 Å². The van der Waals surface area contributed by atoms with Crippen LogP contribution in [0.4, 0.5) is 10.1 Å². The van der Waals surface area contributed by atoms with Gasteiger partial charge in [-0.15, -0.1) is 0 Å². The maximum Gasteiger partial charge on any atom is 0.254 e. The van der Waals surface area contributed by atoms with Gasteiger partial charge >= 0.3 is 0 Å². The lowest BCUT2D eigenvalue weighted by atomic mass is 10.1. The van der Waals surface area contributed by atoms with Gasteiger partial charge in [-0.05, 0) is 29.8 Å². The Hall–Kier alpha value is -2.07. The fourth-order valence-corrected chi connectivity index (χ4v) is 1.80. The molecular weight excluding hydrogens is 267 g/mol. The van der Waals surface area contributed by atoms with Crippen LogP contribution in [0.2, 0.25) is 5.02 Å². The lowest BCUT2D eigenvalue weighted by Gasteiger charge is -2.08. The molecule has 0 aromatic heterocycles. The van der Waals surface area contributed by atoms with E-state index in [-0.39, 0.29) is 17.1 Å².